The molecule has 112 valence electrons. The molecule has 1 aromatic carbocycles. The molecule has 1 saturated carbocycles. The SMILES string of the molecule is CC(C)CNCC(Cc1ccccc1)CC1CCCC1. The topological polar surface area (TPSA) is 12.0 Å². The van der Waals surface area contributed by atoms with Crippen molar-refractivity contribution in [3.63, 3.8) is 0 Å². The minimum Gasteiger partial charge on any atom is -0.316 e. The first-order valence-electron chi connectivity index (χ1n) is 8.48. The number of rotatable bonds is 8. The van der Waals surface area contributed by atoms with Crippen molar-refractivity contribution < 1.29 is 0 Å². The van der Waals surface area contributed by atoms with Crippen LogP contribution in [0.25, 0.3) is 0 Å². The third kappa shape index (κ3) is 5.66. The maximum atomic E-state index is 3.68. The molecule has 0 bridgehead atoms. The number of benzene rings is 1. The fourth-order valence-electron chi connectivity index (χ4n) is 3.48. The third-order valence-corrected chi connectivity index (χ3v) is 4.49. The smallest absolute Gasteiger partial charge is 0.00171 e. The third-order valence-electron chi connectivity index (χ3n) is 4.49. The first kappa shape index (κ1) is 15.6. The molecule has 1 N–H and O–H groups in total. The minimum absolute atomic E-state index is 0.749. The van der Waals surface area contributed by atoms with Crippen LogP contribution in [0.5, 0.6) is 0 Å². The van der Waals surface area contributed by atoms with Crippen LogP contribution in [0.3, 0.4) is 0 Å². The largest absolute Gasteiger partial charge is 0.316 e. The minimum atomic E-state index is 0.749. The summed E-state index contributed by atoms with van der Waals surface area (Å²) in [6.45, 7) is 6.91. The average molecular weight is 273 g/mol. The quantitative estimate of drug-likeness (QED) is 0.725. The van der Waals surface area contributed by atoms with Crippen molar-refractivity contribution in [1.29, 1.82) is 0 Å². The lowest BCUT2D eigenvalue weighted by Gasteiger charge is -2.22. The van der Waals surface area contributed by atoms with Crippen molar-refractivity contribution in [2.45, 2.75) is 52.4 Å². The Morgan fingerprint density at radius 1 is 1.05 bits per heavy atom. The predicted molar refractivity (Wildman–Crippen MR) is 87.9 cm³/mol. The van der Waals surface area contributed by atoms with E-state index in [9.17, 15) is 0 Å². The summed E-state index contributed by atoms with van der Waals surface area (Å²) in [5.41, 5.74) is 1.50. The summed E-state index contributed by atoms with van der Waals surface area (Å²) < 4.78 is 0. The highest BCUT2D eigenvalue weighted by Crippen LogP contribution is 2.31. The van der Waals surface area contributed by atoms with Crippen LogP contribution >= 0.6 is 0 Å². The second-order valence-electron chi connectivity index (χ2n) is 6.99. The highest BCUT2D eigenvalue weighted by molar-refractivity contribution is 5.15. The van der Waals surface area contributed by atoms with Crippen LogP contribution in [0.15, 0.2) is 30.3 Å². The van der Waals surface area contributed by atoms with Crippen LogP contribution in [0.2, 0.25) is 0 Å². The van der Waals surface area contributed by atoms with E-state index in [2.05, 4.69) is 49.5 Å². The van der Waals surface area contributed by atoms with Gasteiger partial charge in [0.2, 0.25) is 0 Å². The lowest BCUT2D eigenvalue weighted by molar-refractivity contribution is 0.351. The maximum absolute atomic E-state index is 3.68. The molecular weight excluding hydrogens is 242 g/mol. The fourth-order valence-corrected chi connectivity index (χ4v) is 3.48. The molecule has 1 nitrogen and oxygen atoms in total. The van der Waals surface area contributed by atoms with Gasteiger partial charge in [-0.2, -0.15) is 0 Å². The van der Waals surface area contributed by atoms with Gasteiger partial charge in [-0.15, -0.1) is 0 Å². The molecule has 1 aliphatic rings. The monoisotopic (exact) mass is 273 g/mol. The highest BCUT2D eigenvalue weighted by atomic mass is 14.9. The standard InChI is InChI=1S/C19H31N/c1-16(2)14-20-15-19(13-18-10-6-7-11-18)12-17-8-4-3-5-9-17/h3-5,8-9,16,18-20H,6-7,10-15H2,1-2H3. The molecule has 1 aliphatic carbocycles. The van der Waals surface area contributed by atoms with Gasteiger partial charge in [0.25, 0.3) is 0 Å². The van der Waals surface area contributed by atoms with Gasteiger partial charge >= 0.3 is 0 Å². The molecule has 1 fully saturated rings. The lowest BCUT2D eigenvalue weighted by atomic mass is 9.88. The van der Waals surface area contributed by atoms with E-state index in [-0.39, 0.29) is 0 Å². The molecule has 0 radical (unpaired) electrons. The Morgan fingerprint density at radius 2 is 1.75 bits per heavy atom. The Morgan fingerprint density at radius 3 is 2.40 bits per heavy atom. The molecule has 0 saturated heterocycles. The van der Waals surface area contributed by atoms with Gasteiger partial charge in [0.1, 0.15) is 0 Å². The van der Waals surface area contributed by atoms with E-state index >= 15 is 0 Å². The van der Waals surface area contributed by atoms with E-state index in [1.165, 1.54) is 50.6 Å². The Labute approximate surface area is 125 Å². The Hall–Kier alpha value is -0.820. The van der Waals surface area contributed by atoms with Gasteiger partial charge < -0.3 is 5.32 Å². The first-order chi connectivity index (χ1) is 9.74. The zero-order chi connectivity index (χ0) is 14.2. The van der Waals surface area contributed by atoms with Crippen LogP contribution in [0.1, 0.15) is 51.5 Å². The van der Waals surface area contributed by atoms with E-state index in [0.29, 0.717) is 0 Å². The summed E-state index contributed by atoms with van der Waals surface area (Å²) in [7, 11) is 0. The molecule has 0 spiro atoms. The van der Waals surface area contributed by atoms with E-state index in [0.717, 1.165) is 24.3 Å². The molecule has 1 heteroatoms. The van der Waals surface area contributed by atoms with Crippen LogP contribution < -0.4 is 5.32 Å². The number of nitrogens with one attached hydrogen (secondary N) is 1. The summed E-state index contributed by atoms with van der Waals surface area (Å²) in [4.78, 5) is 0. The second-order valence-corrected chi connectivity index (χ2v) is 6.99. The molecule has 1 aromatic rings. The summed E-state index contributed by atoms with van der Waals surface area (Å²) in [6, 6.07) is 11.0. The molecule has 0 aliphatic heterocycles. The summed E-state index contributed by atoms with van der Waals surface area (Å²) in [5.74, 6) is 2.54. The van der Waals surface area contributed by atoms with Gasteiger partial charge in [0.05, 0.1) is 0 Å². The van der Waals surface area contributed by atoms with Crippen molar-refractivity contribution in [1.82, 2.24) is 5.32 Å². The Kier molecular flexibility index (Phi) is 6.59. The van der Waals surface area contributed by atoms with Crippen molar-refractivity contribution in [2.24, 2.45) is 17.8 Å². The van der Waals surface area contributed by atoms with Crippen molar-refractivity contribution in [2.75, 3.05) is 13.1 Å². The van der Waals surface area contributed by atoms with Gasteiger partial charge in [-0.1, -0.05) is 69.9 Å². The van der Waals surface area contributed by atoms with E-state index in [4.69, 9.17) is 0 Å². The van der Waals surface area contributed by atoms with Crippen molar-refractivity contribution in [3.8, 4) is 0 Å². The highest BCUT2D eigenvalue weighted by Gasteiger charge is 2.20. The Balaban J connectivity index is 1.84. The average Bonchev–Trinajstić information content (AvgIpc) is 2.92. The maximum Gasteiger partial charge on any atom is -0.00171 e. The lowest BCUT2D eigenvalue weighted by Crippen LogP contribution is -2.28. The summed E-state index contributed by atoms with van der Waals surface area (Å²) >= 11 is 0. The molecule has 1 atom stereocenters. The van der Waals surface area contributed by atoms with Crippen LogP contribution in [0.4, 0.5) is 0 Å². The van der Waals surface area contributed by atoms with Gasteiger partial charge in [-0.25, -0.2) is 0 Å². The second kappa shape index (κ2) is 8.46. The van der Waals surface area contributed by atoms with E-state index in [1.807, 2.05) is 0 Å². The van der Waals surface area contributed by atoms with Gasteiger partial charge in [0.15, 0.2) is 0 Å². The molecule has 0 aromatic heterocycles. The van der Waals surface area contributed by atoms with Crippen LogP contribution in [0, 0.1) is 17.8 Å². The van der Waals surface area contributed by atoms with Crippen LogP contribution in [-0.2, 0) is 6.42 Å². The zero-order valence-corrected chi connectivity index (χ0v) is 13.3. The summed E-state index contributed by atoms with van der Waals surface area (Å²) in [5, 5.41) is 3.68. The molecule has 1 unspecified atom stereocenters. The van der Waals surface area contributed by atoms with E-state index in [1.54, 1.807) is 0 Å². The normalized spacial score (nSPS) is 17.8. The zero-order valence-electron chi connectivity index (χ0n) is 13.3. The molecule has 20 heavy (non-hydrogen) atoms. The number of hydrogen-bond donors (Lipinski definition) is 1. The number of hydrogen-bond acceptors (Lipinski definition) is 1. The Bertz CT molecular complexity index is 351. The van der Waals surface area contributed by atoms with Gasteiger partial charge in [-0.05, 0) is 49.2 Å². The van der Waals surface area contributed by atoms with Crippen molar-refractivity contribution in [3.05, 3.63) is 35.9 Å². The van der Waals surface area contributed by atoms with Gasteiger partial charge in [-0.3, -0.25) is 0 Å². The molecule has 0 amide bonds. The molecule has 0 heterocycles. The summed E-state index contributed by atoms with van der Waals surface area (Å²) in [6.07, 6.45) is 8.51. The molecule has 2 rings (SSSR count). The van der Waals surface area contributed by atoms with Crippen molar-refractivity contribution >= 4 is 0 Å². The van der Waals surface area contributed by atoms with Gasteiger partial charge in [0, 0.05) is 0 Å². The van der Waals surface area contributed by atoms with Crippen LogP contribution in [-0.4, -0.2) is 13.1 Å². The predicted octanol–water partition coefficient (Wildman–Crippen LogP) is 4.67. The fraction of sp³-hybridized carbons (Fsp3) is 0.684. The van der Waals surface area contributed by atoms with E-state index < -0.39 is 0 Å². The molecular formula is C19H31N. The first-order valence-corrected chi connectivity index (χ1v) is 8.48.